The Labute approximate surface area is 269 Å². The van der Waals surface area contributed by atoms with Crippen molar-refractivity contribution in [2.75, 3.05) is 33.7 Å². The molecule has 236 valence electrons. The van der Waals surface area contributed by atoms with Gasteiger partial charge < -0.3 is 14.6 Å². The summed E-state index contributed by atoms with van der Waals surface area (Å²) in [5.41, 5.74) is 3.70. The number of hydrogen-bond donors (Lipinski definition) is 1. The number of rotatable bonds is 16. The van der Waals surface area contributed by atoms with Crippen molar-refractivity contribution >= 4 is 11.3 Å². The quantitative estimate of drug-likeness (QED) is 0.129. The maximum Gasteiger partial charge on any atom is 0.212 e. The van der Waals surface area contributed by atoms with E-state index in [0.29, 0.717) is 18.5 Å². The zero-order chi connectivity index (χ0) is 30.7. The molecule has 1 N–H and O–H groups in total. The number of thiophene rings is 1. The zero-order valence-electron chi connectivity index (χ0n) is 27.3. The van der Waals surface area contributed by atoms with E-state index in [4.69, 9.17) is 9.40 Å². The molecule has 4 aromatic rings. The molecule has 1 fully saturated rings. The van der Waals surface area contributed by atoms with E-state index < -0.39 is 0 Å². The Morgan fingerprint density at radius 3 is 2.18 bits per heavy atom. The van der Waals surface area contributed by atoms with Crippen molar-refractivity contribution < 1.29 is 4.42 Å². The van der Waals surface area contributed by atoms with Crippen molar-refractivity contribution in [1.29, 1.82) is 0 Å². The minimum absolute atomic E-state index is 0.209. The van der Waals surface area contributed by atoms with Gasteiger partial charge in [-0.15, -0.1) is 11.3 Å². The number of nitrogens with zero attached hydrogens (tertiary/aromatic N) is 3. The molecule has 0 spiro atoms. The summed E-state index contributed by atoms with van der Waals surface area (Å²) >= 11 is 1.91. The van der Waals surface area contributed by atoms with E-state index in [9.17, 15) is 0 Å². The van der Waals surface area contributed by atoms with Gasteiger partial charge in [0.25, 0.3) is 0 Å². The molecule has 0 bridgehead atoms. The number of hydrogen-bond acceptors (Lipinski definition) is 6. The van der Waals surface area contributed by atoms with E-state index in [0.717, 1.165) is 62.2 Å². The van der Waals surface area contributed by atoms with Crippen LogP contribution < -0.4 is 5.32 Å². The van der Waals surface area contributed by atoms with Crippen LogP contribution in [0, 0.1) is 11.8 Å². The fraction of sp³-hybridized carbons (Fsp3) is 0.500. The molecule has 0 radical (unpaired) electrons. The summed E-state index contributed by atoms with van der Waals surface area (Å²) < 4.78 is 6.75. The zero-order valence-corrected chi connectivity index (χ0v) is 28.1. The van der Waals surface area contributed by atoms with Crippen molar-refractivity contribution in [1.82, 2.24) is 20.1 Å². The molecule has 6 heteroatoms. The summed E-state index contributed by atoms with van der Waals surface area (Å²) in [5, 5.41) is 5.88. The fourth-order valence-electron chi connectivity index (χ4n) is 7.18. The lowest BCUT2D eigenvalue weighted by molar-refractivity contribution is 0.112. The van der Waals surface area contributed by atoms with Gasteiger partial charge in [0.1, 0.15) is 5.76 Å². The van der Waals surface area contributed by atoms with E-state index in [2.05, 4.69) is 121 Å². The Balaban J connectivity index is 1.30. The second kappa shape index (κ2) is 16.5. The second-order valence-corrected chi connectivity index (χ2v) is 13.7. The molecule has 2 heterocycles. The predicted molar refractivity (Wildman–Crippen MR) is 184 cm³/mol. The van der Waals surface area contributed by atoms with E-state index in [1.54, 1.807) is 0 Å². The lowest BCUT2D eigenvalue weighted by atomic mass is 9.75. The lowest BCUT2D eigenvalue weighted by Crippen LogP contribution is -2.33. The first-order valence-electron chi connectivity index (χ1n) is 16.8. The molecule has 5 nitrogen and oxygen atoms in total. The van der Waals surface area contributed by atoms with Crippen LogP contribution in [0.3, 0.4) is 0 Å². The van der Waals surface area contributed by atoms with Gasteiger partial charge in [-0.3, -0.25) is 4.90 Å². The molecule has 0 amide bonds. The van der Waals surface area contributed by atoms with Crippen molar-refractivity contribution in [3.63, 3.8) is 0 Å². The number of oxazole rings is 1. The van der Waals surface area contributed by atoms with Crippen molar-refractivity contribution in [3.8, 4) is 0 Å². The van der Waals surface area contributed by atoms with Gasteiger partial charge in [0.05, 0.1) is 18.3 Å². The smallest absolute Gasteiger partial charge is 0.212 e. The van der Waals surface area contributed by atoms with Crippen LogP contribution in [0.2, 0.25) is 0 Å². The van der Waals surface area contributed by atoms with Gasteiger partial charge in [-0.2, -0.15) is 0 Å². The Kier molecular flexibility index (Phi) is 12.2. The first kappa shape index (κ1) is 32.6. The van der Waals surface area contributed by atoms with Crippen LogP contribution in [0.25, 0.3) is 0 Å². The Hall–Kier alpha value is -2.77. The van der Waals surface area contributed by atoms with Crippen LogP contribution in [-0.2, 0) is 19.4 Å². The predicted octanol–water partition coefficient (Wildman–Crippen LogP) is 8.54. The van der Waals surface area contributed by atoms with Gasteiger partial charge >= 0.3 is 0 Å². The summed E-state index contributed by atoms with van der Waals surface area (Å²) in [4.78, 5) is 11.8. The minimum atomic E-state index is 0.209. The Morgan fingerprint density at radius 2 is 1.57 bits per heavy atom. The molecule has 1 saturated carbocycles. The number of nitrogens with one attached hydrogen (secondary N) is 1. The van der Waals surface area contributed by atoms with Gasteiger partial charge in [0.15, 0.2) is 0 Å². The van der Waals surface area contributed by atoms with Crippen molar-refractivity contribution in [2.45, 2.75) is 77.4 Å². The third kappa shape index (κ3) is 8.69. The fourth-order valence-corrected chi connectivity index (χ4v) is 8.20. The van der Waals surface area contributed by atoms with Gasteiger partial charge in [-0.25, -0.2) is 4.98 Å². The molecule has 1 aliphatic carbocycles. The van der Waals surface area contributed by atoms with Crippen molar-refractivity contribution in [2.24, 2.45) is 11.8 Å². The SMILES string of the molecule is CCN(CC)C(CC1CCC(C(c2cccs2)N(C)C)CC1)c1nc(Cc2ccccc2)c(CNCCc2ccccc2)o1. The molecule has 5 rings (SSSR count). The highest BCUT2D eigenvalue weighted by Crippen LogP contribution is 2.43. The Bertz CT molecular complexity index is 1340. The Morgan fingerprint density at radius 1 is 0.886 bits per heavy atom. The minimum Gasteiger partial charge on any atom is -0.442 e. The van der Waals surface area contributed by atoms with E-state index in [-0.39, 0.29) is 6.04 Å². The van der Waals surface area contributed by atoms with Crippen LogP contribution in [-0.4, -0.2) is 48.5 Å². The average molecular weight is 613 g/mol. The maximum absolute atomic E-state index is 6.75. The number of aromatic nitrogens is 1. The van der Waals surface area contributed by atoms with Gasteiger partial charge in [-0.05, 0) is 93.8 Å². The second-order valence-electron chi connectivity index (χ2n) is 12.7. The third-order valence-corrected chi connectivity index (χ3v) is 10.5. The molecule has 2 aromatic heterocycles. The molecule has 2 aromatic carbocycles. The van der Waals surface area contributed by atoms with Crippen molar-refractivity contribution in [3.05, 3.63) is 112 Å². The third-order valence-electron chi connectivity index (χ3n) is 9.55. The highest BCUT2D eigenvalue weighted by atomic mass is 32.1. The van der Waals surface area contributed by atoms with Crippen LogP contribution in [0.4, 0.5) is 0 Å². The largest absolute Gasteiger partial charge is 0.442 e. The number of benzene rings is 2. The van der Waals surface area contributed by atoms with Gasteiger partial charge in [0, 0.05) is 17.3 Å². The van der Waals surface area contributed by atoms with E-state index >= 15 is 0 Å². The standard InChI is InChI=1S/C38H52N4OS/c1-5-42(6-2)34(27-31-19-21-32(22-20-31)37(41(3)4)36-18-13-25-44-36)38-40-33(26-30-16-11-8-12-17-30)35(43-38)28-39-24-23-29-14-9-7-10-15-29/h7-18,25,31-32,34,37,39H,5-6,19-24,26-28H2,1-4H3. The van der Waals surface area contributed by atoms with Crippen LogP contribution in [0.15, 0.2) is 82.6 Å². The molecule has 0 saturated heterocycles. The van der Waals surface area contributed by atoms with Crippen LogP contribution >= 0.6 is 11.3 Å². The summed E-state index contributed by atoms with van der Waals surface area (Å²) in [6, 6.07) is 26.6. The summed E-state index contributed by atoms with van der Waals surface area (Å²) in [5.74, 6) is 3.31. The van der Waals surface area contributed by atoms with E-state index in [1.807, 2.05) is 11.3 Å². The normalized spacial score (nSPS) is 18.6. The molecule has 2 unspecified atom stereocenters. The lowest BCUT2D eigenvalue weighted by Gasteiger charge is -2.38. The molecule has 44 heavy (non-hydrogen) atoms. The highest BCUT2D eigenvalue weighted by Gasteiger charge is 2.34. The first-order chi connectivity index (χ1) is 21.6. The molecule has 2 atom stereocenters. The molecular formula is C38H52N4OS. The van der Waals surface area contributed by atoms with Crippen LogP contribution in [0.5, 0.6) is 0 Å². The van der Waals surface area contributed by atoms with E-state index in [1.165, 1.54) is 41.7 Å². The molecule has 1 aliphatic rings. The molecular weight excluding hydrogens is 561 g/mol. The first-order valence-corrected chi connectivity index (χ1v) is 17.6. The van der Waals surface area contributed by atoms with Gasteiger partial charge in [0.2, 0.25) is 5.89 Å². The highest BCUT2D eigenvalue weighted by molar-refractivity contribution is 7.10. The average Bonchev–Trinajstić information content (AvgIpc) is 3.72. The topological polar surface area (TPSA) is 44.5 Å². The summed E-state index contributed by atoms with van der Waals surface area (Å²) in [7, 11) is 4.49. The molecule has 0 aliphatic heterocycles. The van der Waals surface area contributed by atoms with Gasteiger partial charge in [-0.1, -0.05) is 93.4 Å². The van der Waals surface area contributed by atoms with Crippen LogP contribution in [0.1, 0.15) is 91.4 Å². The maximum atomic E-state index is 6.75. The summed E-state index contributed by atoms with van der Waals surface area (Å²) in [6.07, 6.45) is 8.06. The summed E-state index contributed by atoms with van der Waals surface area (Å²) in [6.45, 7) is 8.16. The monoisotopic (exact) mass is 612 g/mol.